The molecular formula is C18H20N2O3. The fraction of sp³-hybridized carbons (Fsp3) is 0.222. The fourth-order valence-electron chi connectivity index (χ4n) is 2.12. The van der Waals surface area contributed by atoms with Crippen LogP contribution in [0.15, 0.2) is 54.9 Å². The van der Waals surface area contributed by atoms with Crippen molar-refractivity contribution in [3.63, 3.8) is 0 Å². The minimum Gasteiger partial charge on any atom is -0.497 e. The molecule has 2 aromatic rings. The van der Waals surface area contributed by atoms with Crippen molar-refractivity contribution in [3.8, 4) is 5.75 Å². The molecule has 0 bridgehead atoms. The summed E-state index contributed by atoms with van der Waals surface area (Å²) in [6.45, 7) is 0.602. The summed E-state index contributed by atoms with van der Waals surface area (Å²) in [5.74, 6) is 0.577. The molecule has 1 N–H and O–H groups in total. The number of pyridine rings is 1. The SMILES string of the molecule is COc1cccc(/C=C/C(=O)N(CCO)Cc2cccnc2)c1. The zero-order valence-corrected chi connectivity index (χ0v) is 13.1. The highest BCUT2D eigenvalue weighted by Crippen LogP contribution is 2.14. The Balaban J connectivity index is 2.06. The number of nitrogens with zero attached hydrogens (tertiary/aromatic N) is 2. The molecule has 1 aromatic carbocycles. The van der Waals surface area contributed by atoms with Crippen LogP contribution in [0.2, 0.25) is 0 Å². The zero-order chi connectivity index (χ0) is 16.5. The Morgan fingerprint density at radius 2 is 2.22 bits per heavy atom. The van der Waals surface area contributed by atoms with E-state index in [0.29, 0.717) is 6.54 Å². The Morgan fingerprint density at radius 1 is 1.35 bits per heavy atom. The number of methoxy groups -OCH3 is 1. The molecular weight excluding hydrogens is 292 g/mol. The van der Waals surface area contributed by atoms with E-state index in [-0.39, 0.29) is 19.1 Å². The predicted molar refractivity (Wildman–Crippen MR) is 88.8 cm³/mol. The average Bonchev–Trinajstić information content (AvgIpc) is 2.60. The Kier molecular flexibility index (Phi) is 6.32. The fourth-order valence-corrected chi connectivity index (χ4v) is 2.12. The van der Waals surface area contributed by atoms with Gasteiger partial charge in [-0.2, -0.15) is 0 Å². The van der Waals surface area contributed by atoms with E-state index in [1.807, 2.05) is 36.4 Å². The maximum atomic E-state index is 12.3. The summed E-state index contributed by atoms with van der Waals surface area (Å²) in [6.07, 6.45) is 6.63. The van der Waals surface area contributed by atoms with Gasteiger partial charge in [-0.1, -0.05) is 18.2 Å². The zero-order valence-electron chi connectivity index (χ0n) is 13.1. The monoisotopic (exact) mass is 312 g/mol. The first-order valence-corrected chi connectivity index (χ1v) is 7.33. The summed E-state index contributed by atoms with van der Waals surface area (Å²) in [5, 5.41) is 9.17. The Labute approximate surface area is 135 Å². The third-order valence-electron chi connectivity index (χ3n) is 3.29. The van der Waals surface area contributed by atoms with Gasteiger partial charge in [0.15, 0.2) is 0 Å². The number of hydrogen-bond donors (Lipinski definition) is 1. The highest BCUT2D eigenvalue weighted by Gasteiger charge is 2.10. The molecule has 0 saturated heterocycles. The molecule has 0 unspecified atom stereocenters. The minimum absolute atomic E-state index is 0.0843. The van der Waals surface area contributed by atoms with Gasteiger partial charge in [-0.25, -0.2) is 0 Å². The number of carbonyl (C=O) groups excluding carboxylic acids is 1. The van der Waals surface area contributed by atoms with Crippen molar-refractivity contribution >= 4 is 12.0 Å². The predicted octanol–water partition coefficient (Wildman–Crippen LogP) is 2.12. The molecule has 1 heterocycles. The summed E-state index contributed by atoms with van der Waals surface area (Å²) < 4.78 is 5.16. The average molecular weight is 312 g/mol. The maximum Gasteiger partial charge on any atom is 0.246 e. The lowest BCUT2D eigenvalue weighted by molar-refractivity contribution is -0.127. The van der Waals surface area contributed by atoms with E-state index in [1.165, 1.54) is 6.08 Å². The standard InChI is InChI=1S/C18H20N2O3/c1-23-17-6-2-4-15(12-17)7-8-18(22)20(10-11-21)14-16-5-3-9-19-13-16/h2-9,12-13,21H,10-11,14H2,1H3/b8-7+. The Bertz CT molecular complexity index is 656. The van der Waals surface area contributed by atoms with Crippen molar-refractivity contribution in [1.82, 2.24) is 9.88 Å². The first kappa shape index (κ1) is 16.7. The second kappa shape index (κ2) is 8.70. The van der Waals surface area contributed by atoms with Gasteiger partial charge in [-0.3, -0.25) is 9.78 Å². The second-order valence-electron chi connectivity index (χ2n) is 4.95. The number of hydrogen-bond acceptors (Lipinski definition) is 4. The number of amides is 1. The summed E-state index contributed by atoms with van der Waals surface area (Å²) in [6, 6.07) is 11.2. The maximum absolute atomic E-state index is 12.3. The Morgan fingerprint density at radius 3 is 2.91 bits per heavy atom. The van der Waals surface area contributed by atoms with E-state index < -0.39 is 0 Å². The first-order chi connectivity index (χ1) is 11.2. The number of aliphatic hydroxyl groups excluding tert-OH is 1. The van der Waals surface area contributed by atoms with Crippen molar-refractivity contribution in [1.29, 1.82) is 0 Å². The van der Waals surface area contributed by atoms with Crippen LogP contribution in [0.25, 0.3) is 6.08 Å². The van der Waals surface area contributed by atoms with Crippen LogP contribution in [0.3, 0.4) is 0 Å². The van der Waals surface area contributed by atoms with Crippen molar-refractivity contribution in [3.05, 3.63) is 66.0 Å². The lowest BCUT2D eigenvalue weighted by Crippen LogP contribution is -2.31. The van der Waals surface area contributed by atoms with Crippen LogP contribution in [0.1, 0.15) is 11.1 Å². The molecule has 0 aliphatic carbocycles. The Hall–Kier alpha value is -2.66. The molecule has 0 aliphatic rings. The van der Waals surface area contributed by atoms with Crippen LogP contribution in [0.4, 0.5) is 0 Å². The molecule has 5 nitrogen and oxygen atoms in total. The smallest absolute Gasteiger partial charge is 0.246 e. The lowest BCUT2D eigenvalue weighted by Gasteiger charge is -2.20. The normalized spacial score (nSPS) is 10.7. The van der Waals surface area contributed by atoms with Crippen molar-refractivity contribution in [2.75, 3.05) is 20.3 Å². The van der Waals surface area contributed by atoms with Gasteiger partial charge in [0, 0.05) is 31.6 Å². The summed E-state index contributed by atoms with van der Waals surface area (Å²) in [7, 11) is 1.60. The number of aliphatic hydroxyl groups is 1. The van der Waals surface area contributed by atoms with Crippen LogP contribution in [-0.2, 0) is 11.3 Å². The lowest BCUT2D eigenvalue weighted by atomic mass is 10.2. The third-order valence-corrected chi connectivity index (χ3v) is 3.29. The molecule has 1 amide bonds. The van der Waals surface area contributed by atoms with E-state index in [0.717, 1.165) is 16.9 Å². The highest BCUT2D eigenvalue weighted by atomic mass is 16.5. The van der Waals surface area contributed by atoms with Crippen LogP contribution in [-0.4, -0.2) is 41.2 Å². The van der Waals surface area contributed by atoms with E-state index >= 15 is 0 Å². The van der Waals surface area contributed by atoms with Gasteiger partial charge in [0.05, 0.1) is 13.7 Å². The molecule has 0 spiro atoms. The molecule has 2 rings (SSSR count). The summed E-state index contributed by atoms with van der Waals surface area (Å²) in [5.41, 5.74) is 1.80. The largest absolute Gasteiger partial charge is 0.497 e. The van der Waals surface area contributed by atoms with Crippen LogP contribution < -0.4 is 4.74 Å². The molecule has 0 aliphatic heterocycles. The molecule has 0 atom stereocenters. The number of benzene rings is 1. The number of rotatable bonds is 7. The first-order valence-electron chi connectivity index (χ1n) is 7.33. The quantitative estimate of drug-likeness (QED) is 0.796. The molecule has 23 heavy (non-hydrogen) atoms. The van der Waals surface area contributed by atoms with Gasteiger partial charge in [-0.15, -0.1) is 0 Å². The number of ether oxygens (including phenoxy) is 1. The van der Waals surface area contributed by atoms with Crippen molar-refractivity contribution in [2.45, 2.75) is 6.54 Å². The summed E-state index contributed by atoms with van der Waals surface area (Å²) >= 11 is 0. The minimum atomic E-state index is -0.161. The van der Waals surface area contributed by atoms with Gasteiger partial charge in [0.1, 0.15) is 5.75 Å². The second-order valence-corrected chi connectivity index (χ2v) is 4.95. The van der Waals surface area contributed by atoms with Crippen LogP contribution in [0.5, 0.6) is 5.75 Å². The van der Waals surface area contributed by atoms with E-state index in [1.54, 1.807) is 30.5 Å². The third kappa shape index (κ3) is 5.23. The van der Waals surface area contributed by atoms with Crippen molar-refractivity contribution in [2.24, 2.45) is 0 Å². The molecule has 0 saturated carbocycles. The van der Waals surface area contributed by atoms with Gasteiger partial charge >= 0.3 is 0 Å². The van der Waals surface area contributed by atoms with E-state index in [4.69, 9.17) is 9.84 Å². The van der Waals surface area contributed by atoms with Crippen LogP contribution in [0, 0.1) is 0 Å². The van der Waals surface area contributed by atoms with Gasteiger partial charge in [0.25, 0.3) is 0 Å². The van der Waals surface area contributed by atoms with Crippen LogP contribution >= 0.6 is 0 Å². The molecule has 0 fully saturated rings. The molecule has 0 radical (unpaired) electrons. The molecule has 5 heteroatoms. The topological polar surface area (TPSA) is 62.7 Å². The van der Waals surface area contributed by atoms with E-state index in [9.17, 15) is 4.79 Å². The summed E-state index contributed by atoms with van der Waals surface area (Å²) in [4.78, 5) is 18.0. The highest BCUT2D eigenvalue weighted by molar-refractivity contribution is 5.91. The van der Waals surface area contributed by atoms with Crippen molar-refractivity contribution < 1.29 is 14.6 Å². The van der Waals surface area contributed by atoms with Gasteiger partial charge in [-0.05, 0) is 35.4 Å². The van der Waals surface area contributed by atoms with Gasteiger partial charge < -0.3 is 14.7 Å². The number of aromatic nitrogens is 1. The molecule has 120 valence electrons. The van der Waals surface area contributed by atoms with Gasteiger partial charge in [0.2, 0.25) is 5.91 Å². The van der Waals surface area contributed by atoms with E-state index in [2.05, 4.69) is 4.98 Å². The molecule has 1 aromatic heterocycles. The number of carbonyl (C=O) groups is 1.